The number of hydrogen-bond acceptors (Lipinski definition) is 3. The van der Waals surface area contributed by atoms with Crippen molar-refractivity contribution in [1.82, 2.24) is 4.98 Å². The Hall–Kier alpha value is -1.12. The molecule has 1 aromatic heterocycles. The second-order valence-electron chi connectivity index (χ2n) is 2.08. The molecule has 3 nitrogen and oxygen atoms in total. The Morgan fingerprint density at radius 1 is 1.70 bits per heavy atom. The average molecular weight is 138 g/mol. The summed E-state index contributed by atoms with van der Waals surface area (Å²) in [5.74, 6) is 0.780. The molecule has 0 bridgehead atoms. The SMILES string of the molecule is C/N=C(\C)c1ocnc1C. The maximum atomic E-state index is 5.08. The van der Waals surface area contributed by atoms with Gasteiger partial charge in [-0.25, -0.2) is 4.98 Å². The highest BCUT2D eigenvalue weighted by Gasteiger charge is 2.04. The van der Waals surface area contributed by atoms with E-state index in [4.69, 9.17) is 4.42 Å². The molecule has 3 heteroatoms. The standard InChI is InChI=1S/C7H10N2O/c1-5(8-3)7-6(2)9-4-10-7/h4H,1-3H3/b8-5+. The summed E-state index contributed by atoms with van der Waals surface area (Å²) in [6, 6.07) is 0. The van der Waals surface area contributed by atoms with Gasteiger partial charge in [-0.1, -0.05) is 0 Å². The third-order valence-electron chi connectivity index (χ3n) is 1.41. The Bertz CT molecular complexity index is 250. The van der Waals surface area contributed by atoms with Crippen LogP contribution in [-0.4, -0.2) is 17.7 Å². The molecule has 0 aromatic carbocycles. The summed E-state index contributed by atoms with van der Waals surface area (Å²) < 4.78 is 5.08. The highest BCUT2D eigenvalue weighted by Crippen LogP contribution is 2.05. The molecule has 1 rings (SSSR count). The van der Waals surface area contributed by atoms with Crippen LogP contribution in [-0.2, 0) is 0 Å². The lowest BCUT2D eigenvalue weighted by Gasteiger charge is -1.91. The van der Waals surface area contributed by atoms with Gasteiger partial charge >= 0.3 is 0 Å². The molecule has 0 saturated heterocycles. The Morgan fingerprint density at radius 3 is 2.80 bits per heavy atom. The zero-order valence-corrected chi connectivity index (χ0v) is 6.38. The largest absolute Gasteiger partial charge is 0.442 e. The molecule has 0 unspecified atom stereocenters. The Kier molecular flexibility index (Phi) is 1.85. The normalized spacial score (nSPS) is 12.1. The molecule has 1 aromatic rings. The number of oxazole rings is 1. The van der Waals surface area contributed by atoms with E-state index in [9.17, 15) is 0 Å². The Labute approximate surface area is 59.8 Å². The van der Waals surface area contributed by atoms with Gasteiger partial charge in [0, 0.05) is 7.05 Å². The fourth-order valence-corrected chi connectivity index (χ4v) is 0.751. The van der Waals surface area contributed by atoms with Crippen LogP contribution < -0.4 is 0 Å². The average Bonchev–Trinajstić information content (AvgIpc) is 2.34. The van der Waals surface area contributed by atoms with Gasteiger partial charge in [0.1, 0.15) is 0 Å². The first-order valence-corrected chi connectivity index (χ1v) is 3.09. The van der Waals surface area contributed by atoms with Crippen LogP contribution in [0.1, 0.15) is 18.4 Å². The number of aliphatic imine (C=N–C) groups is 1. The number of aromatic nitrogens is 1. The Balaban J connectivity index is 3.05. The van der Waals surface area contributed by atoms with E-state index in [1.54, 1.807) is 7.05 Å². The van der Waals surface area contributed by atoms with Crippen molar-refractivity contribution in [2.24, 2.45) is 4.99 Å². The van der Waals surface area contributed by atoms with Crippen molar-refractivity contribution in [3.63, 3.8) is 0 Å². The van der Waals surface area contributed by atoms with Crippen molar-refractivity contribution >= 4 is 5.71 Å². The molecule has 0 fully saturated rings. The minimum absolute atomic E-state index is 0.780. The number of hydrogen-bond donors (Lipinski definition) is 0. The number of rotatable bonds is 1. The first kappa shape index (κ1) is 6.99. The van der Waals surface area contributed by atoms with Crippen LogP contribution in [0.4, 0.5) is 0 Å². The van der Waals surface area contributed by atoms with Gasteiger partial charge < -0.3 is 4.42 Å². The van der Waals surface area contributed by atoms with Gasteiger partial charge in [-0.2, -0.15) is 0 Å². The van der Waals surface area contributed by atoms with E-state index in [-0.39, 0.29) is 0 Å². The van der Waals surface area contributed by atoms with E-state index in [1.165, 1.54) is 6.39 Å². The maximum Gasteiger partial charge on any atom is 0.181 e. The van der Waals surface area contributed by atoms with Gasteiger partial charge in [0.2, 0.25) is 0 Å². The third-order valence-corrected chi connectivity index (χ3v) is 1.41. The molecule has 0 spiro atoms. The van der Waals surface area contributed by atoms with E-state index >= 15 is 0 Å². The molecule has 0 aliphatic carbocycles. The molecular formula is C7H10N2O. The first-order valence-electron chi connectivity index (χ1n) is 3.09. The summed E-state index contributed by atoms with van der Waals surface area (Å²) in [6.07, 6.45) is 1.43. The third kappa shape index (κ3) is 1.07. The van der Waals surface area contributed by atoms with Gasteiger partial charge in [0.25, 0.3) is 0 Å². The predicted molar refractivity (Wildman–Crippen MR) is 39.4 cm³/mol. The minimum atomic E-state index is 0.780. The zero-order chi connectivity index (χ0) is 7.56. The fraction of sp³-hybridized carbons (Fsp3) is 0.429. The predicted octanol–water partition coefficient (Wildman–Crippen LogP) is 1.42. The second kappa shape index (κ2) is 2.64. The molecule has 54 valence electrons. The molecule has 0 aliphatic heterocycles. The summed E-state index contributed by atoms with van der Waals surface area (Å²) in [7, 11) is 1.73. The quantitative estimate of drug-likeness (QED) is 0.550. The summed E-state index contributed by atoms with van der Waals surface area (Å²) in [4.78, 5) is 7.91. The molecule has 0 atom stereocenters. The van der Waals surface area contributed by atoms with Crippen LogP contribution in [0.3, 0.4) is 0 Å². The maximum absolute atomic E-state index is 5.08. The molecule has 0 saturated carbocycles. The summed E-state index contributed by atoms with van der Waals surface area (Å²) in [5, 5.41) is 0. The fourth-order valence-electron chi connectivity index (χ4n) is 0.751. The molecule has 10 heavy (non-hydrogen) atoms. The molecule has 0 aliphatic rings. The van der Waals surface area contributed by atoms with Crippen LogP contribution in [0, 0.1) is 6.92 Å². The second-order valence-corrected chi connectivity index (χ2v) is 2.08. The molecule has 0 radical (unpaired) electrons. The van der Waals surface area contributed by atoms with Crippen molar-refractivity contribution in [2.45, 2.75) is 13.8 Å². The van der Waals surface area contributed by atoms with Gasteiger partial charge in [-0.05, 0) is 13.8 Å². The van der Waals surface area contributed by atoms with Crippen molar-refractivity contribution in [2.75, 3.05) is 7.05 Å². The van der Waals surface area contributed by atoms with E-state index in [0.717, 1.165) is 17.2 Å². The minimum Gasteiger partial charge on any atom is -0.442 e. The highest BCUT2D eigenvalue weighted by molar-refractivity contribution is 5.96. The van der Waals surface area contributed by atoms with E-state index in [1.807, 2.05) is 13.8 Å². The molecule has 0 amide bonds. The molecular weight excluding hydrogens is 128 g/mol. The summed E-state index contributed by atoms with van der Waals surface area (Å²) >= 11 is 0. The van der Waals surface area contributed by atoms with Crippen molar-refractivity contribution in [3.05, 3.63) is 17.8 Å². The van der Waals surface area contributed by atoms with Gasteiger partial charge in [0.15, 0.2) is 12.2 Å². The van der Waals surface area contributed by atoms with Crippen LogP contribution in [0.5, 0.6) is 0 Å². The van der Waals surface area contributed by atoms with E-state index in [0.29, 0.717) is 0 Å². The smallest absolute Gasteiger partial charge is 0.181 e. The van der Waals surface area contributed by atoms with Crippen LogP contribution >= 0.6 is 0 Å². The van der Waals surface area contributed by atoms with Gasteiger partial charge in [0.05, 0.1) is 11.4 Å². The van der Waals surface area contributed by atoms with Crippen molar-refractivity contribution < 1.29 is 4.42 Å². The summed E-state index contributed by atoms with van der Waals surface area (Å²) in [5.41, 5.74) is 1.78. The highest BCUT2D eigenvalue weighted by atomic mass is 16.3. The molecule has 0 N–H and O–H groups in total. The topological polar surface area (TPSA) is 38.4 Å². The monoisotopic (exact) mass is 138 g/mol. The zero-order valence-electron chi connectivity index (χ0n) is 6.38. The number of nitrogens with zero attached hydrogens (tertiary/aromatic N) is 2. The Morgan fingerprint density at radius 2 is 2.40 bits per heavy atom. The first-order chi connectivity index (χ1) is 4.75. The van der Waals surface area contributed by atoms with Crippen LogP contribution in [0.2, 0.25) is 0 Å². The lowest BCUT2D eigenvalue weighted by Crippen LogP contribution is -1.93. The molecule has 1 heterocycles. The van der Waals surface area contributed by atoms with Gasteiger partial charge in [-0.15, -0.1) is 0 Å². The summed E-state index contributed by atoms with van der Waals surface area (Å²) in [6.45, 7) is 3.79. The lowest BCUT2D eigenvalue weighted by molar-refractivity contribution is 0.547. The van der Waals surface area contributed by atoms with E-state index < -0.39 is 0 Å². The van der Waals surface area contributed by atoms with Crippen molar-refractivity contribution in [3.8, 4) is 0 Å². The lowest BCUT2D eigenvalue weighted by atomic mass is 10.3. The van der Waals surface area contributed by atoms with Crippen LogP contribution in [0.25, 0.3) is 0 Å². The van der Waals surface area contributed by atoms with Crippen LogP contribution in [0.15, 0.2) is 15.8 Å². The number of aryl methyl sites for hydroxylation is 1. The van der Waals surface area contributed by atoms with E-state index in [2.05, 4.69) is 9.98 Å². The van der Waals surface area contributed by atoms with Gasteiger partial charge in [-0.3, -0.25) is 4.99 Å². The van der Waals surface area contributed by atoms with Crippen molar-refractivity contribution in [1.29, 1.82) is 0 Å².